The fourth-order valence-electron chi connectivity index (χ4n) is 2.70. The number of hydrogen-bond acceptors (Lipinski definition) is 3. The van der Waals surface area contributed by atoms with Gasteiger partial charge in [0.05, 0.1) is 12.0 Å². The second kappa shape index (κ2) is 6.68. The zero-order valence-electron chi connectivity index (χ0n) is 11.5. The average Bonchev–Trinajstić information content (AvgIpc) is 2.49. The van der Waals surface area contributed by atoms with Gasteiger partial charge < -0.3 is 16.0 Å². The van der Waals surface area contributed by atoms with E-state index in [2.05, 4.69) is 12.2 Å². The Balaban J connectivity index is 2.16. The monoisotopic (exact) mass is 261 g/mol. The fraction of sp³-hybridized carbons (Fsp3) is 0.533. The Morgan fingerprint density at radius 2 is 2.21 bits per heavy atom. The molecule has 3 N–H and O–H groups in total. The number of piperazine rings is 1. The lowest BCUT2D eigenvalue weighted by Crippen LogP contribution is -2.57. The molecule has 0 bridgehead atoms. The van der Waals surface area contributed by atoms with E-state index in [-0.39, 0.29) is 17.9 Å². The van der Waals surface area contributed by atoms with E-state index in [1.165, 1.54) is 0 Å². The van der Waals surface area contributed by atoms with Gasteiger partial charge in [-0.3, -0.25) is 4.79 Å². The van der Waals surface area contributed by atoms with Gasteiger partial charge in [-0.25, -0.2) is 0 Å². The van der Waals surface area contributed by atoms with Gasteiger partial charge in [0, 0.05) is 26.2 Å². The minimum absolute atomic E-state index is 0.0478. The summed E-state index contributed by atoms with van der Waals surface area (Å²) in [6.45, 7) is 4.99. The van der Waals surface area contributed by atoms with Gasteiger partial charge in [0.15, 0.2) is 0 Å². The van der Waals surface area contributed by atoms with Gasteiger partial charge in [-0.1, -0.05) is 37.3 Å². The summed E-state index contributed by atoms with van der Waals surface area (Å²) in [7, 11) is 0. The summed E-state index contributed by atoms with van der Waals surface area (Å²) in [4.78, 5) is 14.7. The first-order valence-corrected chi connectivity index (χ1v) is 7.04. The zero-order chi connectivity index (χ0) is 13.7. The van der Waals surface area contributed by atoms with Crippen LogP contribution < -0.4 is 11.1 Å². The molecule has 0 aliphatic carbocycles. The number of nitrogens with two attached hydrogens (primary N) is 1. The maximum Gasteiger partial charge on any atom is 0.230 e. The Bertz CT molecular complexity index is 407. The van der Waals surface area contributed by atoms with E-state index in [1.807, 2.05) is 35.2 Å². The first-order chi connectivity index (χ1) is 9.27. The molecule has 0 spiro atoms. The van der Waals surface area contributed by atoms with Gasteiger partial charge in [0.2, 0.25) is 5.91 Å². The predicted octanol–water partition coefficient (Wildman–Crippen LogP) is 0.939. The summed E-state index contributed by atoms with van der Waals surface area (Å²) in [5.41, 5.74) is 6.88. The molecular weight excluding hydrogens is 238 g/mol. The zero-order valence-corrected chi connectivity index (χ0v) is 11.5. The van der Waals surface area contributed by atoms with Crippen molar-refractivity contribution in [1.29, 1.82) is 0 Å². The molecule has 19 heavy (non-hydrogen) atoms. The predicted molar refractivity (Wildman–Crippen MR) is 76.9 cm³/mol. The molecule has 1 fully saturated rings. The maximum atomic E-state index is 12.7. The van der Waals surface area contributed by atoms with Crippen molar-refractivity contribution in [3.63, 3.8) is 0 Å². The van der Waals surface area contributed by atoms with Crippen LogP contribution in [-0.4, -0.2) is 43.0 Å². The molecule has 0 saturated carbocycles. The van der Waals surface area contributed by atoms with Gasteiger partial charge in [-0.05, 0) is 12.0 Å². The largest absolute Gasteiger partial charge is 0.335 e. The molecule has 4 heteroatoms. The molecule has 0 aromatic heterocycles. The number of carbonyl (C=O) groups is 1. The molecule has 0 radical (unpaired) electrons. The molecule has 1 heterocycles. The van der Waals surface area contributed by atoms with Crippen molar-refractivity contribution in [2.45, 2.75) is 25.3 Å². The molecule has 4 nitrogen and oxygen atoms in total. The highest BCUT2D eigenvalue weighted by Gasteiger charge is 2.30. The summed E-state index contributed by atoms with van der Waals surface area (Å²) in [5, 5.41) is 3.29. The number of nitrogens with zero attached hydrogens (tertiary/aromatic N) is 1. The first kappa shape index (κ1) is 14.0. The summed E-state index contributed by atoms with van der Waals surface area (Å²) < 4.78 is 0. The van der Waals surface area contributed by atoms with Crippen molar-refractivity contribution in [3.05, 3.63) is 35.9 Å². The normalized spacial score (nSPS) is 21.2. The van der Waals surface area contributed by atoms with Crippen molar-refractivity contribution in [2.24, 2.45) is 5.73 Å². The van der Waals surface area contributed by atoms with Crippen LogP contribution in [0.25, 0.3) is 0 Å². The molecule has 2 rings (SSSR count). The molecule has 1 aromatic carbocycles. The van der Waals surface area contributed by atoms with Crippen molar-refractivity contribution in [2.75, 3.05) is 26.2 Å². The smallest absolute Gasteiger partial charge is 0.230 e. The molecule has 1 aromatic rings. The van der Waals surface area contributed by atoms with Crippen LogP contribution in [0.5, 0.6) is 0 Å². The number of amides is 1. The van der Waals surface area contributed by atoms with Crippen molar-refractivity contribution in [3.8, 4) is 0 Å². The van der Waals surface area contributed by atoms with Crippen LogP contribution in [0.15, 0.2) is 30.3 Å². The van der Waals surface area contributed by atoms with E-state index in [0.717, 1.165) is 31.6 Å². The minimum atomic E-state index is -0.0478. The van der Waals surface area contributed by atoms with E-state index in [4.69, 9.17) is 5.73 Å². The lowest BCUT2D eigenvalue weighted by Gasteiger charge is -2.37. The number of hydrogen-bond donors (Lipinski definition) is 2. The quantitative estimate of drug-likeness (QED) is 0.848. The van der Waals surface area contributed by atoms with Crippen LogP contribution in [0.3, 0.4) is 0 Å². The molecule has 2 unspecified atom stereocenters. The lowest BCUT2D eigenvalue weighted by atomic mass is 9.94. The maximum absolute atomic E-state index is 12.7. The summed E-state index contributed by atoms with van der Waals surface area (Å²) >= 11 is 0. The van der Waals surface area contributed by atoms with Crippen LogP contribution in [0, 0.1) is 0 Å². The Labute approximate surface area is 115 Å². The Morgan fingerprint density at radius 1 is 1.47 bits per heavy atom. The average molecular weight is 261 g/mol. The van der Waals surface area contributed by atoms with Crippen LogP contribution in [-0.2, 0) is 4.79 Å². The summed E-state index contributed by atoms with van der Waals surface area (Å²) in [5.74, 6) is 0.166. The van der Waals surface area contributed by atoms with Gasteiger partial charge in [0.1, 0.15) is 0 Å². The van der Waals surface area contributed by atoms with Crippen LogP contribution in [0.4, 0.5) is 0 Å². The standard InChI is InChI=1S/C15H23N3O/c1-2-14(12-6-4-3-5-7-12)15(19)18-9-8-17-11-13(18)10-16/h3-7,13-14,17H,2,8-11,16H2,1H3. The topological polar surface area (TPSA) is 58.4 Å². The summed E-state index contributed by atoms with van der Waals surface area (Å²) in [6, 6.07) is 10.2. The Kier molecular flexibility index (Phi) is 4.93. The highest BCUT2D eigenvalue weighted by Crippen LogP contribution is 2.23. The van der Waals surface area contributed by atoms with E-state index < -0.39 is 0 Å². The Hall–Kier alpha value is -1.39. The highest BCUT2D eigenvalue weighted by atomic mass is 16.2. The van der Waals surface area contributed by atoms with Crippen molar-refractivity contribution in [1.82, 2.24) is 10.2 Å². The molecule has 1 saturated heterocycles. The minimum Gasteiger partial charge on any atom is -0.335 e. The number of rotatable bonds is 4. The van der Waals surface area contributed by atoms with Gasteiger partial charge >= 0.3 is 0 Å². The van der Waals surface area contributed by atoms with Crippen molar-refractivity contribution >= 4 is 5.91 Å². The second-order valence-electron chi connectivity index (χ2n) is 5.00. The molecular formula is C15H23N3O. The van der Waals surface area contributed by atoms with Crippen LogP contribution in [0.1, 0.15) is 24.8 Å². The van der Waals surface area contributed by atoms with Crippen LogP contribution in [0.2, 0.25) is 0 Å². The molecule has 2 atom stereocenters. The third-order valence-electron chi connectivity index (χ3n) is 3.81. The molecule has 1 aliphatic rings. The Morgan fingerprint density at radius 3 is 2.84 bits per heavy atom. The molecule has 1 amide bonds. The van der Waals surface area contributed by atoms with E-state index in [9.17, 15) is 4.79 Å². The van der Waals surface area contributed by atoms with E-state index >= 15 is 0 Å². The van der Waals surface area contributed by atoms with Crippen LogP contribution >= 0.6 is 0 Å². The van der Waals surface area contributed by atoms with E-state index in [0.29, 0.717) is 6.54 Å². The third-order valence-corrected chi connectivity index (χ3v) is 3.81. The molecule has 1 aliphatic heterocycles. The third kappa shape index (κ3) is 3.14. The van der Waals surface area contributed by atoms with Gasteiger partial charge in [-0.2, -0.15) is 0 Å². The molecule has 104 valence electrons. The first-order valence-electron chi connectivity index (χ1n) is 7.04. The van der Waals surface area contributed by atoms with Gasteiger partial charge in [0.25, 0.3) is 0 Å². The highest BCUT2D eigenvalue weighted by molar-refractivity contribution is 5.84. The second-order valence-corrected chi connectivity index (χ2v) is 5.00. The SMILES string of the molecule is CCC(C(=O)N1CCNCC1CN)c1ccccc1. The number of benzene rings is 1. The summed E-state index contributed by atoms with van der Waals surface area (Å²) in [6.07, 6.45) is 0.823. The number of carbonyl (C=O) groups excluding carboxylic acids is 1. The lowest BCUT2D eigenvalue weighted by molar-refractivity contribution is -0.135. The fourth-order valence-corrected chi connectivity index (χ4v) is 2.70. The van der Waals surface area contributed by atoms with E-state index in [1.54, 1.807) is 0 Å². The van der Waals surface area contributed by atoms with Crippen molar-refractivity contribution < 1.29 is 4.79 Å². The van der Waals surface area contributed by atoms with Gasteiger partial charge in [-0.15, -0.1) is 0 Å². The number of nitrogens with one attached hydrogen (secondary N) is 1.